The van der Waals surface area contributed by atoms with Gasteiger partial charge in [-0.15, -0.1) is 0 Å². The third-order valence-electron chi connectivity index (χ3n) is 2.19. The lowest BCUT2D eigenvalue weighted by Crippen LogP contribution is -2.07. The molecule has 3 nitrogen and oxygen atoms in total. The number of hydrogen-bond acceptors (Lipinski definition) is 2. The molecule has 0 heterocycles. The molecule has 0 atom stereocenters. The highest BCUT2D eigenvalue weighted by Gasteiger charge is 2.14. The first-order valence-electron chi connectivity index (χ1n) is 4.50. The molecule has 0 aliphatic carbocycles. The molecule has 1 aromatic carbocycles. The van der Waals surface area contributed by atoms with Gasteiger partial charge in [0.25, 0.3) is 0 Å². The molecule has 0 saturated carbocycles. The Hall–Kier alpha value is -1.16. The van der Waals surface area contributed by atoms with Gasteiger partial charge in [-0.3, -0.25) is 4.79 Å². The summed E-state index contributed by atoms with van der Waals surface area (Å²) in [6.07, 6.45) is 0.379. The number of benzene rings is 1. The molecule has 0 aromatic heterocycles. The van der Waals surface area contributed by atoms with Gasteiger partial charge < -0.3 is 5.11 Å². The predicted octanol–water partition coefficient (Wildman–Crippen LogP) is 2.66. The molecule has 1 N–H and O–H groups in total. The van der Waals surface area contributed by atoms with Gasteiger partial charge in [0.15, 0.2) is 5.78 Å². The van der Waals surface area contributed by atoms with Gasteiger partial charge in [0.1, 0.15) is 0 Å². The molecule has 0 bridgehead atoms. The Morgan fingerprint density at radius 2 is 1.93 bits per heavy atom. The fourth-order valence-electron chi connectivity index (χ4n) is 1.39. The normalized spacial score (nSPS) is 10.0. The topological polar surface area (TPSA) is 54.4 Å². The summed E-state index contributed by atoms with van der Waals surface area (Å²) in [6.45, 7) is 1.66. The van der Waals surface area contributed by atoms with Gasteiger partial charge in [0, 0.05) is 17.3 Å². The zero-order valence-corrected chi connectivity index (χ0v) is 9.87. The van der Waals surface area contributed by atoms with E-state index in [1.54, 1.807) is 19.1 Å². The van der Waals surface area contributed by atoms with Crippen LogP contribution in [-0.2, 0) is 0 Å². The number of Topliss-reactive ketones (excluding diaryl/α,β-unsaturated/α-hetero) is 1. The number of aromatic carboxylic acids is 1. The maximum atomic E-state index is 11.6. The second-order valence-corrected chi connectivity index (χ2v) is 3.94. The first-order chi connectivity index (χ1) is 7.07. The van der Waals surface area contributed by atoms with Crippen molar-refractivity contribution in [3.05, 3.63) is 34.9 Å². The highest BCUT2D eigenvalue weighted by Crippen LogP contribution is 2.16. The van der Waals surface area contributed by atoms with Crippen LogP contribution in [0.3, 0.4) is 0 Å². The maximum Gasteiger partial charge on any atom is 0.335 e. The van der Waals surface area contributed by atoms with Gasteiger partial charge in [0.05, 0.1) is 5.56 Å². The molecule has 15 heavy (non-hydrogen) atoms. The van der Waals surface area contributed by atoms with Crippen molar-refractivity contribution in [2.45, 2.75) is 13.3 Å². The number of ketones is 1. The summed E-state index contributed by atoms with van der Waals surface area (Å²) in [4.78, 5) is 22.5. The average molecular weight is 271 g/mol. The maximum absolute atomic E-state index is 11.6. The molecule has 1 aromatic rings. The number of alkyl halides is 1. The van der Waals surface area contributed by atoms with E-state index in [1.807, 2.05) is 0 Å². The molecule has 4 heteroatoms. The fourth-order valence-corrected chi connectivity index (χ4v) is 1.75. The molecule has 1 rings (SSSR count). The van der Waals surface area contributed by atoms with Crippen molar-refractivity contribution < 1.29 is 14.7 Å². The van der Waals surface area contributed by atoms with Crippen molar-refractivity contribution in [2.24, 2.45) is 0 Å². The van der Waals surface area contributed by atoms with E-state index in [-0.39, 0.29) is 11.3 Å². The second-order valence-electron chi connectivity index (χ2n) is 3.15. The van der Waals surface area contributed by atoms with E-state index in [0.717, 1.165) is 0 Å². The van der Waals surface area contributed by atoms with Crippen LogP contribution in [0.5, 0.6) is 0 Å². The minimum absolute atomic E-state index is 0.0347. The average Bonchev–Trinajstić information content (AvgIpc) is 2.17. The summed E-state index contributed by atoms with van der Waals surface area (Å²) in [5.74, 6) is -1.03. The highest BCUT2D eigenvalue weighted by molar-refractivity contribution is 9.09. The first-order valence-corrected chi connectivity index (χ1v) is 5.62. The van der Waals surface area contributed by atoms with Gasteiger partial charge in [-0.1, -0.05) is 28.1 Å². The van der Waals surface area contributed by atoms with E-state index in [4.69, 9.17) is 5.11 Å². The van der Waals surface area contributed by atoms with E-state index in [9.17, 15) is 9.59 Å². The van der Waals surface area contributed by atoms with Crippen molar-refractivity contribution in [1.82, 2.24) is 0 Å². The molecule has 0 amide bonds. The Kier molecular flexibility index (Phi) is 4.03. The van der Waals surface area contributed by atoms with Crippen molar-refractivity contribution in [1.29, 1.82) is 0 Å². The number of carboxylic acid groups (broad SMARTS) is 1. The zero-order chi connectivity index (χ0) is 11.4. The Labute approximate surface area is 96.2 Å². The van der Waals surface area contributed by atoms with E-state index in [1.165, 1.54) is 6.07 Å². The van der Waals surface area contributed by atoms with E-state index < -0.39 is 5.97 Å². The molecule has 80 valence electrons. The summed E-state index contributed by atoms with van der Waals surface area (Å²) >= 11 is 3.18. The number of halogens is 1. The summed E-state index contributed by atoms with van der Waals surface area (Å²) in [7, 11) is 0. The number of carbonyl (C=O) groups excluding carboxylic acids is 1. The smallest absolute Gasteiger partial charge is 0.335 e. The van der Waals surface area contributed by atoms with Crippen LogP contribution in [0.4, 0.5) is 0 Å². The molecular formula is C11H11BrO3. The summed E-state index contributed by atoms with van der Waals surface area (Å²) in [5.41, 5.74) is 1.22. The number of rotatable bonds is 4. The van der Waals surface area contributed by atoms with Crippen LogP contribution < -0.4 is 0 Å². The third-order valence-corrected chi connectivity index (χ3v) is 2.58. The minimum Gasteiger partial charge on any atom is -0.478 e. The SMILES string of the molecule is Cc1c(C(=O)O)cccc1C(=O)CCBr. The third kappa shape index (κ3) is 2.65. The number of hydrogen-bond donors (Lipinski definition) is 1. The van der Waals surface area contributed by atoms with E-state index >= 15 is 0 Å². The van der Waals surface area contributed by atoms with Gasteiger partial charge >= 0.3 is 5.97 Å². The minimum atomic E-state index is -0.999. The second kappa shape index (κ2) is 5.07. The molecule has 0 aliphatic heterocycles. The largest absolute Gasteiger partial charge is 0.478 e. The Balaban J connectivity index is 3.15. The quantitative estimate of drug-likeness (QED) is 0.676. The molecular weight excluding hydrogens is 260 g/mol. The van der Waals surface area contributed by atoms with E-state index in [2.05, 4.69) is 15.9 Å². The van der Waals surface area contributed by atoms with Crippen LogP contribution in [0, 0.1) is 6.92 Å². The molecule has 0 fully saturated rings. The van der Waals surface area contributed by atoms with Crippen molar-refractivity contribution in [2.75, 3.05) is 5.33 Å². The van der Waals surface area contributed by atoms with Crippen molar-refractivity contribution >= 4 is 27.7 Å². The fraction of sp³-hybridized carbons (Fsp3) is 0.273. The van der Waals surface area contributed by atoms with Gasteiger partial charge in [-0.25, -0.2) is 4.79 Å². The Morgan fingerprint density at radius 1 is 1.33 bits per heavy atom. The van der Waals surface area contributed by atoms with E-state index in [0.29, 0.717) is 22.9 Å². The van der Waals surface area contributed by atoms with Crippen molar-refractivity contribution in [3.63, 3.8) is 0 Å². The lowest BCUT2D eigenvalue weighted by atomic mass is 9.98. The van der Waals surface area contributed by atoms with Gasteiger partial charge in [-0.2, -0.15) is 0 Å². The molecule has 0 spiro atoms. The van der Waals surface area contributed by atoms with Crippen LogP contribution in [-0.4, -0.2) is 22.2 Å². The summed E-state index contributed by atoms with van der Waals surface area (Å²) in [6, 6.07) is 4.76. The van der Waals surface area contributed by atoms with Gasteiger partial charge in [-0.05, 0) is 18.6 Å². The zero-order valence-electron chi connectivity index (χ0n) is 8.29. The first kappa shape index (κ1) is 11.9. The Morgan fingerprint density at radius 3 is 2.47 bits per heavy atom. The van der Waals surface area contributed by atoms with Crippen LogP contribution in [0.1, 0.15) is 32.7 Å². The van der Waals surface area contributed by atoms with Crippen molar-refractivity contribution in [3.8, 4) is 0 Å². The lowest BCUT2D eigenvalue weighted by Gasteiger charge is -2.06. The van der Waals surface area contributed by atoms with Crippen LogP contribution in [0.15, 0.2) is 18.2 Å². The van der Waals surface area contributed by atoms with Crippen LogP contribution in [0.2, 0.25) is 0 Å². The number of carbonyl (C=O) groups is 2. The molecule has 0 radical (unpaired) electrons. The lowest BCUT2D eigenvalue weighted by molar-refractivity contribution is 0.0696. The molecule has 0 saturated heterocycles. The Bertz CT molecular complexity index is 399. The summed E-state index contributed by atoms with van der Waals surface area (Å²) in [5, 5.41) is 9.47. The number of carboxylic acids is 1. The summed E-state index contributed by atoms with van der Waals surface area (Å²) < 4.78 is 0. The molecule has 0 aliphatic rings. The predicted molar refractivity (Wildman–Crippen MR) is 60.9 cm³/mol. The molecule has 0 unspecified atom stereocenters. The standard InChI is InChI=1S/C11H11BrO3/c1-7-8(10(13)5-6-12)3-2-4-9(7)11(14)15/h2-4H,5-6H2,1H3,(H,14,15). The monoisotopic (exact) mass is 270 g/mol. The highest BCUT2D eigenvalue weighted by atomic mass is 79.9. The van der Waals surface area contributed by atoms with Crippen LogP contribution >= 0.6 is 15.9 Å². The van der Waals surface area contributed by atoms with Gasteiger partial charge in [0.2, 0.25) is 0 Å². The van der Waals surface area contributed by atoms with Crippen LogP contribution in [0.25, 0.3) is 0 Å².